The van der Waals surface area contributed by atoms with E-state index < -0.39 is 11.7 Å². The molecule has 0 fully saturated rings. The van der Waals surface area contributed by atoms with Crippen LogP contribution in [0.4, 0.5) is 13.2 Å². The average molecular weight is 258 g/mol. The van der Waals surface area contributed by atoms with E-state index in [1.165, 1.54) is 25.3 Å². The number of nitrogens with two attached hydrogens (primary N) is 1. The van der Waals surface area contributed by atoms with Crippen molar-refractivity contribution < 1.29 is 18.0 Å². The number of amides is 1. The average Bonchev–Trinajstić information content (AvgIpc) is 2.34. The molecule has 0 bridgehead atoms. The number of hydrogen-bond acceptors (Lipinski definition) is 2. The van der Waals surface area contributed by atoms with Crippen molar-refractivity contribution in [1.82, 2.24) is 5.32 Å². The monoisotopic (exact) mass is 258 g/mol. The Morgan fingerprint density at radius 3 is 2.61 bits per heavy atom. The van der Waals surface area contributed by atoms with Gasteiger partial charge in [-0.25, -0.2) is 0 Å². The fourth-order valence-electron chi connectivity index (χ4n) is 1.37. The second-order valence-corrected chi connectivity index (χ2v) is 3.56. The molecule has 1 rings (SSSR count). The van der Waals surface area contributed by atoms with Gasteiger partial charge in [0.15, 0.2) is 0 Å². The van der Waals surface area contributed by atoms with Gasteiger partial charge in [0.1, 0.15) is 0 Å². The van der Waals surface area contributed by atoms with Crippen molar-refractivity contribution in [3.63, 3.8) is 0 Å². The zero-order chi connectivity index (χ0) is 13.8. The lowest BCUT2D eigenvalue weighted by molar-refractivity contribution is -0.137. The molecule has 0 heterocycles. The number of carbonyl (C=O) groups excluding carboxylic acids is 1. The molecule has 0 aliphatic carbocycles. The number of halogens is 3. The Bertz CT molecular complexity index is 467. The molecule has 1 aromatic rings. The van der Waals surface area contributed by atoms with Gasteiger partial charge in [-0.1, -0.05) is 6.07 Å². The third-order valence-electron chi connectivity index (χ3n) is 2.35. The quantitative estimate of drug-likeness (QED) is 0.814. The van der Waals surface area contributed by atoms with Gasteiger partial charge in [0.2, 0.25) is 5.91 Å². The topological polar surface area (TPSA) is 55.1 Å². The van der Waals surface area contributed by atoms with Crippen molar-refractivity contribution in [3.05, 3.63) is 41.0 Å². The number of rotatable bonds is 3. The smallest absolute Gasteiger partial charge is 0.356 e. The second-order valence-electron chi connectivity index (χ2n) is 3.56. The zero-order valence-corrected chi connectivity index (χ0v) is 9.71. The summed E-state index contributed by atoms with van der Waals surface area (Å²) in [6.07, 6.45) is -1.73. The van der Waals surface area contributed by atoms with Crippen LogP contribution in [0.3, 0.4) is 0 Å². The van der Waals surface area contributed by atoms with Crippen molar-refractivity contribution in [3.8, 4) is 0 Å². The van der Waals surface area contributed by atoms with Crippen LogP contribution in [0.25, 0.3) is 6.08 Å². The molecule has 98 valence electrons. The molecule has 0 saturated heterocycles. The number of alkyl halides is 3. The highest BCUT2D eigenvalue weighted by molar-refractivity contribution is 5.91. The SMILES string of the molecule is CNC(=O)/C=C/c1ccc(C(F)(F)F)cc1CN. The summed E-state index contributed by atoms with van der Waals surface area (Å²) in [5.41, 5.74) is 5.48. The predicted octanol–water partition coefficient (Wildman–Crippen LogP) is 1.92. The summed E-state index contributed by atoms with van der Waals surface area (Å²) >= 11 is 0. The number of benzene rings is 1. The Hall–Kier alpha value is -1.82. The van der Waals surface area contributed by atoms with Crippen molar-refractivity contribution in [2.45, 2.75) is 12.7 Å². The number of nitrogens with one attached hydrogen (secondary N) is 1. The molecule has 0 aromatic heterocycles. The summed E-state index contributed by atoms with van der Waals surface area (Å²) in [6.45, 7) is -0.0304. The molecule has 0 unspecified atom stereocenters. The Morgan fingerprint density at radius 2 is 2.11 bits per heavy atom. The third-order valence-corrected chi connectivity index (χ3v) is 2.35. The molecule has 1 aromatic carbocycles. The van der Waals surface area contributed by atoms with E-state index in [4.69, 9.17) is 5.73 Å². The molecule has 0 aliphatic heterocycles. The molecule has 3 nitrogen and oxygen atoms in total. The summed E-state index contributed by atoms with van der Waals surface area (Å²) < 4.78 is 37.4. The van der Waals surface area contributed by atoms with E-state index in [2.05, 4.69) is 5.32 Å². The summed E-state index contributed by atoms with van der Waals surface area (Å²) in [5.74, 6) is -0.335. The molecular weight excluding hydrogens is 245 g/mol. The molecule has 0 spiro atoms. The molecule has 0 aliphatic rings. The second kappa shape index (κ2) is 5.68. The fraction of sp³-hybridized carbons (Fsp3) is 0.250. The molecule has 0 radical (unpaired) electrons. The van der Waals surface area contributed by atoms with Crippen molar-refractivity contribution in [2.24, 2.45) is 5.73 Å². The fourth-order valence-corrected chi connectivity index (χ4v) is 1.37. The van der Waals surface area contributed by atoms with Crippen LogP contribution in [0.15, 0.2) is 24.3 Å². The predicted molar refractivity (Wildman–Crippen MR) is 62.4 cm³/mol. The molecular formula is C12H13F3N2O. The van der Waals surface area contributed by atoms with Crippen LogP contribution in [0.5, 0.6) is 0 Å². The summed E-state index contributed by atoms with van der Waals surface area (Å²) in [6, 6.07) is 3.25. The first-order valence-electron chi connectivity index (χ1n) is 5.18. The van der Waals surface area contributed by atoms with Crippen LogP contribution in [-0.4, -0.2) is 13.0 Å². The minimum Gasteiger partial charge on any atom is -0.356 e. The first-order chi connectivity index (χ1) is 8.38. The number of carbonyl (C=O) groups is 1. The summed E-state index contributed by atoms with van der Waals surface area (Å²) in [7, 11) is 1.46. The lowest BCUT2D eigenvalue weighted by Crippen LogP contribution is -2.14. The van der Waals surface area contributed by atoms with E-state index in [1.807, 2.05) is 0 Å². The Balaban J connectivity index is 3.08. The standard InChI is InChI=1S/C12H13F3N2O/c1-17-11(18)5-3-8-2-4-10(12(13,14)15)6-9(8)7-16/h2-6H,7,16H2,1H3,(H,17,18)/b5-3+. The summed E-state index contributed by atoms with van der Waals surface area (Å²) in [4.78, 5) is 11.0. The van der Waals surface area contributed by atoms with E-state index in [9.17, 15) is 18.0 Å². The van der Waals surface area contributed by atoms with Crippen LogP contribution >= 0.6 is 0 Å². The molecule has 6 heteroatoms. The molecule has 3 N–H and O–H groups in total. The van der Waals surface area contributed by atoms with E-state index >= 15 is 0 Å². The normalized spacial score (nSPS) is 11.8. The van der Waals surface area contributed by atoms with E-state index in [-0.39, 0.29) is 12.5 Å². The van der Waals surface area contributed by atoms with Crippen molar-refractivity contribution in [2.75, 3.05) is 7.05 Å². The van der Waals surface area contributed by atoms with Gasteiger partial charge < -0.3 is 11.1 Å². The van der Waals surface area contributed by atoms with Gasteiger partial charge in [-0.3, -0.25) is 4.79 Å². The Kier molecular flexibility index (Phi) is 4.49. The molecule has 18 heavy (non-hydrogen) atoms. The van der Waals surface area contributed by atoms with E-state index in [1.54, 1.807) is 0 Å². The molecule has 0 saturated carbocycles. The third kappa shape index (κ3) is 3.59. The minimum atomic E-state index is -4.40. The maximum absolute atomic E-state index is 12.5. The van der Waals surface area contributed by atoms with Crippen molar-refractivity contribution >= 4 is 12.0 Å². The maximum Gasteiger partial charge on any atom is 0.416 e. The lowest BCUT2D eigenvalue weighted by Gasteiger charge is -2.10. The minimum absolute atomic E-state index is 0.0304. The van der Waals surface area contributed by atoms with Crippen LogP contribution in [-0.2, 0) is 17.5 Å². The van der Waals surface area contributed by atoms with Crippen LogP contribution in [0.2, 0.25) is 0 Å². The van der Waals surface area contributed by atoms with Gasteiger partial charge in [-0.2, -0.15) is 13.2 Å². The Morgan fingerprint density at radius 1 is 1.44 bits per heavy atom. The molecule has 0 atom stereocenters. The van der Waals surface area contributed by atoms with Gasteiger partial charge in [0.05, 0.1) is 5.56 Å². The highest BCUT2D eigenvalue weighted by atomic mass is 19.4. The number of likely N-dealkylation sites (N-methyl/N-ethyl adjacent to an activating group) is 1. The number of hydrogen-bond donors (Lipinski definition) is 2. The highest BCUT2D eigenvalue weighted by Crippen LogP contribution is 2.30. The van der Waals surface area contributed by atoms with Gasteiger partial charge in [0, 0.05) is 19.7 Å². The highest BCUT2D eigenvalue weighted by Gasteiger charge is 2.30. The van der Waals surface area contributed by atoms with E-state index in [0.717, 1.165) is 12.1 Å². The summed E-state index contributed by atoms with van der Waals surface area (Å²) in [5, 5.41) is 2.37. The van der Waals surface area contributed by atoms with Gasteiger partial charge in [-0.15, -0.1) is 0 Å². The van der Waals surface area contributed by atoms with Crippen LogP contribution in [0, 0.1) is 0 Å². The zero-order valence-electron chi connectivity index (χ0n) is 9.71. The van der Waals surface area contributed by atoms with Crippen LogP contribution in [0.1, 0.15) is 16.7 Å². The lowest BCUT2D eigenvalue weighted by atomic mass is 10.0. The van der Waals surface area contributed by atoms with E-state index in [0.29, 0.717) is 11.1 Å². The largest absolute Gasteiger partial charge is 0.416 e. The van der Waals surface area contributed by atoms with Gasteiger partial charge >= 0.3 is 6.18 Å². The first-order valence-corrected chi connectivity index (χ1v) is 5.18. The first kappa shape index (κ1) is 14.2. The maximum atomic E-state index is 12.5. The van der Waals surface area contributed by atoms with Crippen LogP contribution < -0.4 is 11.1 Å². The van der Waals surface area contributed by atoms with Gasteiger partial charge in [0.25, 0.3) is 0 Å². The van der Waals surface area contributed by atoms with Crippen molar-refractivity contribution in [1.29, 1.82) is 0 Å². The van der Waals surface area contributed by atoms with Gasteiger partial charge in [-0.05, 0) is 29.3 Å². The molecule has 1 amide bonds. The Labute approximate surface area is 102 Å².